The van der Waals surface area contributed by atoms with Crippen LogP contribution in [0.25, 0.3) is 21.5 Å². The number of benzene rings is 2. The number of fused-ring (bicyclic) bond motifs is 3. The Balaban J connectivity index is 0.000000853. The Morgan fingerprint density at radius 2 is 1.60 bits per heavy atom. The normalized spacial score (nSPS) is 10.5. The van der Waals surface area contributed by atoms with Crippen LogP contribution in [0.15, 0.2) is 48.5 Å². The third-order valence-electron chi connectivity index (χ3n) is 2.87. The fourth-order valence-corrected chi connectivity index (χ4v) is 2.17. The molecule has 3 rings (SSSR count). The van der Waals surface area contributed by atoms with Crippen LogP contribution >= 0.6 is 0 Å². The molecule has 15 heavy (non-hydrogen) atoms. The predicted octanol–water partition coefficient (Wildman–Crippen LogP) is 1.02. The van der Waals surface area contributed by atoms with Crippen molar-refractivity contribution in [1.82, 2.24) is 0 Å². The van der Waals surface area contributed by atoms with Gasteiger partial charge >= 0.3 is 18.9 Å². The molecule has 0 radical (unpaired) electrons. The van der Waals surface area contributed by atoms with Gasteiger partial charge in [-0.2, -0.15) is 12.1 Å². The molecule has 0 atom stereocenters. The van der Waals surface area contributed by atoms with E-state index in [9.17, 15) is 0 Å². The van der Waals surface area contributed by atoms with Crippen LogP contribution in [0.1, 0.15) is 5.56 Å². The molecule has 0 heterocycles. The van der Waals surface area contributed by atoms with E-state index >= 15 is 0 Å². The fraction of sp³-hybridized carbons (Fsp3) is 0.0714. The van der Waals surface area contributed by atoms with E-state index in [0.717, 1.165) is 0 Å². The largest absolute Gasteiger partial charge is 1.00 e. The molecule has 0 aliphatic heterocycles. The molecule has 0 saturated carbocycles. The second-order valence-electron chi connectivity index (χ2n) is 3.77. The van der Waals surface area contributed by atoms with Crippen molar-refractivity contribution in [2.75, 3.05) is 0 Å². The zero-order valence-corrected chi connectivity index (χ0v) is 9.12. The summed E-state index contributed by atoms with van der Waals surface area (Å²) < 4.78 is 0. The molecule has 0 aliphatic carbocycles. The van der Waals surface area contributed by atoms with E-state index in [2.05, 4.69) is 55.5 Å². The molecule has 3 aromatic carbocycles. The fourth-order valence-electron chi connectivity index (χ4n) is 2.17. The maximum absolute atomic E-state index is 2.20. The van der Waals surface area contributed by atoms with E-state index in [-0.39, 0.29) is 18.9 Å². The maximum Gasteiger partial charge on any atom is 1.00 e. The van der Waals surface area contributed by atoms with Gasteiger partial charge in [-0.3, -0.25) is 0 Å². The van der Waals surface area contributed by atoms with Gasteiger partial charge in [-0.15, -0.1) is 22.4 Å². The SMILES string of the molecule is C[c-]1ccc2ccc3ccccc3c21.[Li+]. The summed E-state index contributed by atoms with van der Waals surface area (Å²) in [6.45, 7) is 2.18. The quantitative estimate of drug-likeness (QED) is 0.363. The monoisotopic (exact) mass is 186 g/mol. The van der Waals surface area contributed by atoms with Gasteiger partial charge in [0.05, 0.1) is 0 Å². The average molecular weight is 186 g/mol. The summed E-state index contributed by atoms with van der Waals surface area (Å²) in [6.07, 6.45) is 0. The van der Waals surface area contributed by atoms with Gasteiger partial charge in [-0.25, -0.2) is 0 Å². The molecule has 0 fully saturated rings. The van der Waals surface area contributed by atoms with E-state index in [4.69, 9.17) is 0 Å². The predicted molar refractivity (Wildman–Crippen MR) is 61.8 cm³/mol. The number of hydrogen-bond donors (Lipinski definition) is 0. The summed E-state index contributed by atoms with van der Waals surface area (Å²) in [5.41, 5.74) is 1.37. The van der Waals surface area contributed by atoms with Gasteiger partial charge in [0.1, 0.15) is 0 Å². The van der Waals surface area contributed by atoms with Crippen molar-refractivity contribution in [3.8, 4) is 0 Å². The smallest absolute Gasteiger partial charge is 0.168 e. The Bertz CT molecular complexity index is 605. The molecule has 1 heteroatoms. The van der Waals surface area contributed by atoms with Gasteiger partial charge in [-0.05, 0) is 0 Å². The third kappa shape index (κ3) is 1.51. The number of hydrogen-bond acceptors (Lipinski definition) is 0. The Labute approximate surface area is 101 Å². The second-order valence-corrected chi connectivity index (χ2v) is 3.77. The van der Waals surface area contributed by atoms with Gasteiger partial charge in [0.25, 0.3) is 0 Å². The minimum atomic E-state index is 0. The van der Waals surface area contributed by atoms with Gasteiger partial charge in [0.15, 0.2) is 0 Å². The summed E-state index contributed by atoms with van der Waals surface area (Å²) >= 11 is 0. The average Bonchev–Trinajstić information content (AvgIpc) is 2.61. The zero-order valence-electron chi connectivity index (χ0n) is 9.12. The van der Waals surface area contributed by atoms with Gasteiger partial charge in [-0.1, -0.05) is 48.0 Å². The van der Waals surface area contributed by atoms with Crippen LogP contribution in [-0.4, -0.2) is 0 Å². The van der Waals surface area contributed by atoms with Gasteiger partial charge in [0.2, 0.25) is 0 Å². The number of rotatable bonds is 0. The molecule has 0 nitrogen and oxygen atoms in total. The van der Waals surface area contributed by atoms with E-state index in [0.29, 0.717) is 0 Å². The first kappa shape index (κ1) is 10.4. The third-order valence-corrected chi connectivity index (χ3v) is 2.87. The molecular weight excluding hydrogens is 175 g/mol. The second kappa shape index (κ2) is 3.81. The van der Waals surface area contributed by atoms with Crippen LogP contribution < -0.4 is 18.9 Å². The van der Waals surface area contributed by atoms with Crippen LogP contribution in [0, 0.1) is 6.92 Å². The van der Waals surface area contributed by atoms with E-state index in [1.165, 1.54) is 27.1 Å². The molecular formula is C14H11Li. The standard InChI is InChI=1S/C14H11.Li/c1-10-6-7-12-9-8-11-4-2-3-5-13(11)14(10)12;/h2-9H,1H3;/q-1;+1. The van der Waals surface area contributed by atoms with E-state index in [1.54, 1.807) is 0 Å². The molecule has 0 aromatic heterocycles. The van der Waals surface area contributed by atoms with E-state index < -0.39 is 0 Å². The maximum atomic E-state index is 2.20. The molecule has 0 saturated heterocycles. The van der Waals surface area contributed by atoms with Crippen molar-refractivity contribution >= 4 is 21.5 Å². The van der Waals surface area contributed by atoms with Crippen LogP contribution in [-0.2, 0) is 0 Å². The summed E-state index contributed by atoms with van der Waals surface area (Å²) in [6, 6.07) is 17.3. The molecule has 0 aliphatic rings. The first-order valence-electron chi connectivity index (χ1n) is 4.90. The molecule has 3 aromatic rings. The molecule has 0 bridgehead atoms. The summed E-state index contributed by atoms with van der Waals surface area (Å²) in [5.74, 6) is 0. The Kier molecular flexibility index (Phi) is 2.65. The first-order chi connectivity index (χ1) is 6.86. The molecule has 0 N–H and O–H groups in total. The number of aryl methyl sites for hydroxylation is 1. The van der Waals surface area contributed by atoms with E-state index in [1.807, 2.05) is 0 Å². The summed E-state index contributed by atoms with van der Waals surface area (Å²) in [4.78, 5) is 0. The summed E-state index contributed by atoms with van der Waals surface area (Å²) in [7, 11) is 0. The van der Waals surface area contributed by atoms with Crippen LogP contribution in [0.4, 0.5) is 0 Å². The van der Waals surface area contributed by atoms with Crippen molar-refractivity contribution in [3.05, 3.63) is 54.1 Å². The zero-order chi connectivity index (χ0) is 9.54. The topological polar surface area (TPSA) is 0 Å². The summed E-state index contributed by atoms with van der Waals surface area (Å²) in [5, 5.41) is 5.45. The molecule has 68 valence electrons. The first-order valence-corrected chi connectivity index (χ1v) is 4.90. The minimum absolute atomic E-state index is 0. The van der Waals surface area contributed by atoms with Crippen molar-refractivity contribution in [2.24, 2.45) is 0 Å². The van der Waals surface area contributed by atoms with Gasteiger partial charge in [0, 0.05) is 0 Å². The van der Waals surface area contributed by atoms with Crippen molar-refractivity contribution in [3.63, 3.8) is 0 Å². The minimum Gasteiger partial charge on any atom is -0.168 e. The van der Waals surface area contributed by atoms with Gasteiger partial charge < -0.3 is 0 Å². The molecule has 0 unspecified atom stereocenters. The van der Waals surface area contributed by atoms with Crippen molar-refractivity contribution in [2.45, 2.75) is 6.92 Å². The van der Waals surface area contributed by atoms with Crippen LogP contribution in [0.5, 0.6) is 0 Å². The van der Waals surface area contributed by atoms with Crippen molar-refractivity contribution in [1.29, 1.82) is 0 Å². The Hall–Kier alpha value is -1.09. The van der Waals surface area contributed by atoms with Crippen LogP contribution in [0.2, 0.25) is 0 Å². The Morgan fingerprint density at radius 3 is 2.47 bits per heavy atom. The molecule has 0 spiro atoms. The van der Waals surface area contributed by atoms with Crippen LogP contribution in [0.3, 0.4) is 0 Å². The molecule has 0 amide bonds. The van der Waals surface area contributed by atoms with Crippen molar-refractivity contribution < 1.29 is 18.9 Å². The Morgan fingerprint density at radius 1 is 0.867 bits per heavy atom.